The maximum atomic E-state index is 12.7. The summed E-state index contributed by atoms with van der Waals surface area (Å²) >= 11 is 0. The molecular weight excluding hydrogens is 376 g/mol. The van der Waals surface area contributed by atoms with E-state index in [1.54, 1.807) is 0 Å². The molecule has 6 nitrogen and oxygen atoms in total. The molecule has 2 aliphatic heterocycles. The molecule has 0 bridgehead atoms. The van der Waals surface area contributed by atoms with Crippen molar-refractivity contribution in [1.29, 1.82) is 0 Å². The first-order chi connectivity index (χ1) is 14.6. The Balaban J connectivity index is 1.52. The van der Waals surface area contributed by atoms with Crippen LogP contribution >= 0.6 is 0 Å². The zero-order valence-corrected chi connectivity index (χ0v) is 18.7. The van der Waals surface area contributed by atoms with E-state index in [-0.39, 0.29) is 23.9 Å². The number of hydrogen-bond acceptors (Lipinski definition) is 3. The summed E-state index contributed by atoms with van der Waals surface area (Å²) in [6.07, 6.45) is 8.39. The van der Waals surface area contributed by atoms with E-state index < -0.39 is 0 Å². The highest BCUT2D eigenvalue weighted by molar-refractivity contribution is 5.93. The van der Waals surface area contributed by atoms with Crippen molar-refractivity contribution in [2.45, 2.75) is 71.3 Å². The average molecular weight is 415 g/mol. The van der Waals surface area contributed by atoms with Crippen molar-refractivity contribution in [3.63, 3.8) is 0 Å². The molecule has 0 radical (unpaired) electrons. The summed E-state index contributed by atoms with van der Waals surface area (Å²) in [7, 11) is 0. The van der Waals surface area contributed by atoms with Crippen LogP contribution in [0.3, 0.4) is 0 Å². The van der Waals surface area contributed by atoms with Crippen LogP contribution in [-0.2, 0) is 4.79 Å². The lowest BCUT2D eigenvalue weighted by Crippen LogP contribution is -2.48. The van der Waals surface area contributed by atoms with Crippen LogP contribution in [0.15, 0.2) is 24.3 Å². The third-order valence-electron chi connectivity index (χ3n) is 6.58. The number of nitrogens with one attached hydrogen (secondary N) is 2. The first-order valence-corrected chi connectivity index (χ1v) is 11.8. The molecular formula is C24H38N4O2. The first-order valence-electron chi connectivity index (χ1n) is 11.8. The van der Waals surface area contributed by atoms with Crippen LogP contribution in [0.4, 0.5) is 16.2 Å². The summed E-state index contributed by atoms with van der Waals surface area (Å²) in [5.74, 6) is 0.405. The van der Waals surface area contributed by atoms with Gasteiger partial charge in [-0.2, -0.15) is 0 Å². The fourth-order valence-corrected chi connectivity index (χ4v) is 4.65. The third-order valence-corrected chi connectivity index (χ3v) is 6.58. The van der Waals surface area contributed by atoms with E-state index in [1.165, 1.54) is 25.7 Å². The van der Waals surface area contributed by atoms with E-state index in [2.05, 4.69) is 35.4 Å². The van der Waals surface area contributed by atoms with Gasteiger partial charge in [-0.25, -0.2) is 4.79 Å². The van der Waals surface area contributed by atoms with Crippen molar-refractivity contribution in [3.05, 3.63) is 24.3 Å². The minimum absolute atomic E-state index is 0.112. The number of amides is 3. The van der Waals surface area contributed by atoms with Gasteiger partial charge >= 0.3 is 6.03 Å². The molecule has 30 heavy (non-hydrogen) atoms. The fourth-order valence-electron chi connectivity index (χ4n) is 4.65. The van der Waals surface area contributed by atoms with Gasteiger partial charge in [-0.1, -0.05) is 38.8 Å². The number of likely N-dealkylation sites (tertiary alicyclic amines) is 1. The lowest BCUT2D eigenvalue weighted by Gasteiger charge is -2.34. The molecule has 2 saturated heterocycles. The van der Waals surface area contributed by atoms with E-state index in [0.29, 0.717) is 0 Å². The van der Waals surface area contributed by atoms with Gasteiger partial charge < -0.3 is 20.4 Å². The minimum Gasteiger partial charge on any atom is -0.370 e. The number of para-hydroxylation sites is 2. The Hall–Kier alpha value is -2.24. The minimum atomic E-state index is -0.151. The Kier molecular flexibility index (Phi) is 8.40. The monoisotopic (exact) mass is 414 g/mol. The van der Waals surface area contributed by atoms with Crippen LogP contribution in [0.25, 0.3) is 0 Å². The van der Waals surface area contributed by atoms with Crippen LogP contribution in [0.2, 0.25) is 0 Å². The number of rotatable bonds is 6. The molecule has 0 atom stereocenters. The molecule has 0 aromatic heterocycles. The summed E-state index contributed by atoms with van der Waals surface area (Å²) in [5, 5.41) is 6.19. The maximum absolute atomic E-state index is 12.7. The number of hydrogen-bond donors (Lipinski definition) is 2. The Labute approximate surface area is 181 Å². The molecule has 0 unspecified atom stereocenters. The molecule has 1 aromatic rings. The molecule has 2 aliphatic rings. The van der Waals surface area contributed by atoms with Crippen molar-refractivity contribution in [3.8, 4) is 0 Å². The fraction of sp³-hybridized carbons (Fsp3) is 0.667. The highest BCUT2D eigenvalue weighted by Crippen LogP contribution is 2.28. The molecule has 166 valence electrons. The summed E-state index contributed by atoms with van der Waals surface area (Å²) < 4.78 is 0. The van der Waals surface area contributed by atoms with E-state index in [9.17, 15) is 9.59 Å². The van der Waals surface area contributed by atoms with Crippen LogP contribution in [0, 0.1) is 5.92 Å². The summed E-state index contributed by atoms with van der Waals surface area (Å²) in [6.45, 7) is 7.70. The molecule has 0 aliphatic carbocycles. The largest absolute Gasteiger partial charge is 0.370 e. The standard InChI is InChI=1S/C24H38N4O2/c1-3-19(4-2)23(29)28-17-13-20(14-18-28)25-24(30)26-21-11-7-8-12-22(21)27-15-9-5-6-10-16-27/h7-8,11-12,19-20H,3-6,9-10,13-18H2,1-2H3,(H2,25,26,30). The molecule has 2 heterocycles. The molecule has 2 N–H and O–H groups in total. The van der Waals surface area contributed by atoms with E-state index in [0.717, 1.165) is 63.2 Å². The van der Waals surface area contributed by atoms with E-state index in [4.69, 9.17) is 0 Å². The normalized spacial score (nSPS) is 18.2. The number of carbonyl (C=O) groups is 2. The Morgan fingerprint density at radius 3 is 2.23 bits per heavy atom. The van der Waals surface area contributed by atoms with Crippen molar-refractivity contribution in [1.82, 2.24) is 10.2 Å². The predicted molar refractivity (Wildman–Crippen MR) is 123 cm³/mol. The average Bonchev–Trinajstić information content (AvgIpc) is 3.05. The second kappa shape index (κ2) is 11.2. The Bertz CT molecular complexity index is 688. The van der Waals surface area contributed by atoms with Crippen LogP contribution in [-0.4, -0.2) is 49.1 Å². The number of anilines is 2. The van der Waals surface area contributed by atoms with E-state index >= 15 is 0 Å². The van der Waals surface area contributed by atoms with E-state index in [1.807, 2.05) is 23.1 Å². The zero-order chi connectivity index (χ0) is 21.3. The summed E-state index contributed by atoms with van der Waals surface area (Å²) in [5.41, 5.74) is 1.98. The molecule has 3 amide bonds. The lowest BCUT2D eigenvalue weighted by molar-refractivity contribution is -0.136. The van der Waals surface area contributed by atoms with Gasteiger partial charge in [0, 0.05) is 38.1 Å². The van der Waals surface area contributed by atoms with Crippen molar-refractivity contribution >= 4 is 23.3 Å². The van der Waals surface area contributed by atoms with Gasteiger partial charge in [-0.05, 0) is 50.7 Å². The van der Waals surface area contributed by atoms with Gasteiger partial charge in [-0.15, -0.1) is 0 Å². The van der Waals surface area contributed by atoms with Crippen molar-refractivity contribution < 1.29 is 9.59 Å². The van der Waals surface area contributed by atoms with Crippen LogP contribution < -0.4 is 15.5 Å². The number of benzene rings is 1. The van der Waals surface area contributed by atoms with Gasteiger partial charge in [-0.3, -0.25) is 4.79 Å². The summed E-state index contributed by atoms with van der Waals surface area (Å²) in [4.78, 5) is 29.6. The number of urea groups is 1. The number of piperidine rings is 1. The zero-order valence-electron chi connectivity index (χ0n) is 18.7. The number of nitrogens with zero attached hydrogens (tertiary/aromatic N) is 2. The van der Waals surface area contributed by atoms with Crippen LogP contribution in [0.5, 0.6) is 0 Å². The van der Waals surface area contributed by atoms with Gasteiger partial charge in [0.15, 0.2) is 0 Å². The van der Waals surface area contributed by atoms with Crippen molar-refractivity contribution in [2.75, 3.05) is 36.4 Å². The van der Waals surface area contributed by atoms with Gasteiger partial charge in [0.1, 0.15) is 0 Å². The Morgan fingerprint density at radius 1 is 0.967 bits per heavy atom. The second-order valence-electron chi connectivity index (χ2n) is 8.63. The van der Waals surface area contributed by atoms with Gasteiger partial charge in [0.05, 0.1) is 11.4 Å². The van der Waals surface area contributed by atoms with Crippen molar-refractivity contribution in [2.24, 2.45) is 5.92 Å². The first kappa shape index (κ1) is 22.4. The highest BCUT2D eigenvalue weighted by atomic mass is 16.2. The second-order valence-corrected chi connectivity index (χ2v) is 8.63. The lowest BCUT2D eigenvalue weighted by atomic mass is 9.98. The molecule has 1 aromatic carbocycles. The molecule has 0 spiro atoms. The molecule has 0 saturated carbocycles. The quantitative estimate of drug-likeness (QED) is 0.714. The maximum Gasteiger partial charge on any atom is 0.319 e. The molecule has 2 fully saturated rings. The van der Waals surface area contributed by atoms with Gasteiger partial charge in [0.2, 0.25) is 5.91 Å². The Morgan fingerprint density at radius 2 is 1.60 bits per heavy atom. The smallest absolute Gasteiger partial charge is 0.319 e. The topological polar surface area (TPSA) is 64.7 Å². The third kappa shape index (κ3) is 5.89. The summed E-state index contributed by atoms with van der Waals surface area (Å²) in [6, 6.07) is 8.05. The number of carbonyl (C=O) groups excluding carboxylic acids is 2. The van der Waals surface area contributed by atoms with Gasteiger partial charge in [0.25, 0.3) is 0 Å². The van der Waals surface area contributed by atoms with Crippen LogP contribution in [0.1, 0.15) is 65.2 Å². The predicted octanol–water partition coefficient (Wildman–Crippen LogP) is 4.62. The SMILES string of the molecule is CCC(CC)C(=O)N1CCC(NC(=O)Nc2ccccc2N2CCCCCC2)CC1. The molecule has 6 heteroatoms. The molecule has 3 rings (SSSR count). The highest BCUT2D eigenvalue weighted by Gasteiger charge is 2.27.